The number of unbranched alkanes of at least 4 members (excludes halogenated alkanes) is 2. The summed E-state index contributed by atoms with van der Waals surface area (Å²) in [5.74, 6) is 1.04. The summed E-state index contributed by atoms with van der Waals surface area (Å²) in [6.07, 6.45) is 2.73. The number of aromatic nitrogens is 2. The van der Waals surface area contributed by atoms with E-state index in [4.69, 9.17) is 5.26 Å². The Labute approximate surface area is 86.2 Å². The third kappa shape index (κ3) is 4.25. The highest BCUT2D eigenvalue weighted by Crippen LogP contribution is 2.22. The van der Waals surface area contributed by atoms with Crippen LogP contribution in [0.25, 0.3) is 0 Å². The summed E-state index contributed by atoms with van der Waals surface area (Å²) >= 11 is 3.35. The predicted octanol–water partition coefficient (Wildman–Crippen LogP) is 2.63. The Bertz CT molecular complexity index is 290. The zero-order chi connectivity index (χ0) is 9.52. The van der Waals surface area contributed by atoms with Gasteiger partial charge in [-0.05, 0) is 19.8 Å². The van der Waals surface area contributed by atoms with Crippen molar-refractivity contribution >= 4 is 23.1 Å². The highest BCUT2D eigenvalue weighted by atomic mass is 32.2. The first-order valence-electron chi connectivity index (χ1n) is 4.13. The van der Waals surface area contributed by atoms with Gasteiger partial charge in [-0.3, -0.25) is 0 Å². The lowest BCUT2D eigenvalue weighted by molar-refractivity contribution is 0.829. The molecule has 70 valence electrons. The molecule has 0 fully saturated rings. The molecule has 1 rings (SSSR count). The zero-order valence-electron chi connectivity index (χ0n) is 7.49. The van der Waals surface area contributed by atoms with Crippen molar-refractivity contribution in [3.8, 4) is 6.07 Å². The summed E-state index contributed by atoms with van der Waals surface area (Å²) in [7, 11) is 0. The summed E-state index contributed by atoms with van der Waals surface area (Å²) in [5, 5.41) is 17.2. The molecular formula is C8H11N3S2. The van der Waals surface area contributed by atoms with E-state index >= 15 is 0 Å². The van der Waals surface area contributed by atoms with Gasteiger partial charge in [-0.1, -0.05) is 23.1 Å². The second kappa shape index (κ2) is 5.95. The van der Waals surface area contributed by atoms with Crippen LogP contribution in [0.1, 0.15) is 24.3 Å². The van der Waals surface area contributed by atoms with Crippen LogP contribution in [0, 0.1) is 18.3 Å². The number of rotatable bonds is 5. The number of nitrogens with zero attached hydrogens (tertiary/aromatic N) is 3. The Morgan fingerprint density at radius 2 is 2.31 bits per heavy atom. The third-order valence-corrected chi connectivity index (χ3v) is 3.47. The van der Waals surface area contributed by atoms with E-state index in [9.17, 15) is 0 Å². The lowest BCUT2D eigenvalue weighted by Crippen LogP contribution is -1.79. The van der Waals surface area contributed by atoms with E-state index in [1.165, 1.54) is 0 Å². The van der Waals surface area contributed by atoms with Crippen LogP contribution >= 0.6 is 23.1 Å². The van der Waals surface area contributed by atoms with E-state index < -0.39 is 0 Å². The minimum atomic E-state index is 0.662. The molecule has 0 aliphatic rings. The van der Waals surface area contributed by atoms with Crippen LogP contribution in [-0.4, -0.2) is 16.0 Å². The molecule has 5 heteroatoms. The second-order valence-corrected chi connectivity index (χ2v) is 5.07. The lowest BCUT2D eigenvalue weighted by Gasteiger charge is -1.93. The van der Waals surface area contributed by atoms with E-state index in [-0.39, 0.29) is 0 Å². The summed E-state index contributed by atoms with van der Waals surface area (Å²) in [5.41, 5.74) is 0. The Hall–Kier alpha value is -0.600. The largest absolute Gasteiger partial charge is 0.198 e. The van der Waals surface area contributed by atoms with Gasteiger partial charge in [0.2, 0.25) is 0 Å². The molecule has 0 spiro atoms. The molecule has 0 unspecified atom stereocenters. The van der Waals surface area contributed by atoms with Gasteiger partial charge in [0.15, 0.2) is 4.34 Å². The molecule has 0 bridgehead atoms. The average molecular weight is 213 g/mol. The van der Waals surface area contributed by atoms with Crippen molar-refractivity contribution in [2.24, 2.45) is 0 Å². The Balaban J connectivity index is 2.10. The molecule has 0 saturated heterocycles. The van der Waals surface area contributed by atoms with E-state index in [1.54, 1.807) is 23.1 Å². The maximum absolute atomic E-state index is 8.31. The maximum Gasteiger partial charge on any atom is 0.174 e. The van der Waals surface area contributed by atoms with Crippen LogP contribution in [0.4, 0.5) is 0 Å². The summed E-state index contributed by atoms with van der Waals surface area (Å²) in [6, 6.07) is 2.14. The van der Waals surface area contributed by atoms with Crippen LogP contribution in [0.3, 0.4) is 0 Å². The topological polar surface area (TPSA) is 49.6 Å². The number of thioether (sulfide) groups is 1. The number of nitriles is 1. The first-order chi connectivity index (χ1) is 6.33. The fourth-order valence-corrected chi connectivity index (χ4v) is 2.69. The molecule has 0 aliphatic carbocycles. The fourth-order valence-electron chi connectivity index (χ4n) is 0.802. The number of hydrogen-bond donors (Lipinski definition) is 0. The lowest BCUT2D eigenvalue weighted by atomic mass is 10.3. The number of hydrogen-bond acceptors (Lipinski definition) is 5. The minimum absolute atomic E-state index is 0.662. The van der Waals surface area contributed by atoms with Gasteiger partial charge in [-0.25, -0.2) is 0 Å². The van der Waals surface area contributed by atoms with E-state index in [2.05, 4.69) is 16.3 Å². The molecule has 1 heterocycles. The van der Waals surface area contributed by atoms with Gasteiger partial charge in [0.1, 0.15) is 5.01 Å². The molecule has 1 aromatic heterocycles. The number of aryl methyl sites for hydroxylation is 1. The normalized spacial score (nSPS) is 9.85. The second-order valence-electron chi connectivity index (χ2n) is 2.55. The molecule has 0 aliphatic heterocycles. The van der Waals surface area contributed by atoms with Gasteiger partial charge in [-0.15, -0.1) is 10.2 Å². The highest BCUT2D eigenvalue weighted by Gasteiger charge is 1.99. The van der Waals surface area contributed by atoms with Gasteiger partial charge in [-0.2, -0.15) is 5.26 Å². The van der Waals surface area contributed by atoms with Crippen LogP contribution in [-0.2, 0) is 0 Å². The molecule has 0 radical (unpaired) electrons. The van der Waals surface area contributed by atoms with Crippen molar-refractivity contribution in [1.29, 1.82) is 5.26 Å². The molecule has 0 saturated carbocycles. The predicted molar refractivity (Wildman–Crippen MR) is 54.8 cm³/mol. The van der Waals surface area contributed by atoms with Crippen molar-refractivity contribution in [2.45, 2.75) is 30.5 Å². The summed E-state index contributed by atoms with van der Waals surface area (Å²) in [6.45, 7) is 1.96. The minimum Gasteiger partial charge on any atom is -0.198 e. The van der Waals surface area contributed by atoms with Crippen molar-refractivity contribution in [1.82, 2.24) is 10.2 Å². The Kier molecular flexibility index (Phi) is 4.79. The van der Waals surface area contributed by atoms with E-state index in [0.29, 0.717) is 6.42 Å². The third-order valence-electron chi connectivity index (χ3n) is 1.42. The monoisotopic (exact) mass is 213 g/mol. The Morgan fingerprint density at radius 3 is 2.92 bits per heavy atom. The fraction of sp³-hybridized carbons (Fsp3) is 0.625. The van der Waals surface area contributed by atoms with Gasteiger partial charge < -0.3 is 0 Å². The first-order valence-corrected chi connectivity index (χ1v) is 5.93. The highest BCUT2D eigenvalue weighted by molar-refractivity contribution is 8.01. The Morgan fingerprint density at radius 1 is 1.46 bits per heavy atom. The molecule has 0 N–H and O–H groups in total. The average Bonchev–Trinajstić information content (AvgIpc) is 2.51. The molecule has 0 atom stereocenters. The summed E-state index contributed by atoms with van der Waals surface area (Å²) < 4.78 is 1.04. The molecular weight excluding hydrogens is 202 g/mol. The van der Waals surface area contributed by atoms with Gasteiger partial charge >= 0.3 is 0 Å². The zero-order valence-corrected chi connectivity index (χ0v) is 9.12. The van der Waals surface area contributed by atoms with Gasteiger partial charge in [0.05, 0.1) is 6.07 Å². The van der Waals surface area contributed by atoms with Crippen LogP contribution in [0.2, 0.25) is 0 Å². The van der Waals surface area contributed by atoms with Crippen molar-refractivity contribution in [3.05, 3.63) is 5.01 Å². The molecule has 13 heavy (non-hydrogen) atoms. The van der Waals surface area contributed by atoms with Gasteiger partial charge in [0.25, 0.3) is 0 Å². The SMILES string of the molecule is Cc1nnc(SCCCCC#N)s1. The molecule has 3 nitrogen and oxygen atoms in total. The summed E-state index contributed by atoms with van der Waals surface area (Å²) in [4.78, 5) is 0. The van der Waals surface area contributed by atoms with Gasteiger partial charge in [0, 0.05) is 12.2 Å². The van der Waals surface area contributed by atoms with E-state index in [0.717, 1.165) is 27.9 Å². The van der Waals surface area contributed by atoms with Crippen LogP contribution in [0.15, 0.2) is 4.34 Å². The van der Waals surface area contributed by atoms with Crippen LogP contribution in [0.5, 0.6) is 0 Å². The van der Waals surface area contributed by atoms with E-state index in [1.807, 2.05) is 6.92 Å². The van der Waals surface area contributed by atoms with Crippen molar-refractivity contribution < 1.29 is 0 Å². The van der Waals surface area contributed by atoms with Crippen molar-refractivity contribution in [3.63, 3.8) is 0 Å². The maximum atomic E-state index is 8.31. The quantitative estimate of drug-likeness (QED) is 0.557. The molecule has 0 aromatic carbocycles. The molecule has 1 aromatic rings. The van der Waals surface area contributed by atoms with Crippen molar-refractivity contribution in [2.75, 3.05) is 5.75 Å². The first kappa shape index (κ1) is 10.5. The smallest absolute Gasteiger partial charge is 0.174 e. The standard InChI is InChI=1S/C8H11N3S2/c1-7-10-11-8(13-7)12-6-4-2-3-5-9/h2-4,6H2,1H3. The van der Waals surface area contributed by atoms with Crippen LogP contribution < -0.4 is 0 Å². The molecule has 0 amide bonds.